The van der Waals surface area contributed by atoms with Crippen LogP contribution >= 0.6 is 18.8 Å². The largest absolute Gasteiger partial charge is 0.361 e. The van der Waals surface area contributed by atoms with Crippen LogP contribution in [-0.4, -0.2) is 18.6 Å². The lowest BCUT2D eigenvalue weighted by Crippen LogP contribution is -2.24. The van der Waals surface area contributed by atoms with Gasteiger partial charge in [0, 0.05) is 45.6 Å². The van der Waals surface area contributed by atoms with E-state index in [-0.39, 0.29) is 0 Å². The van der Waals surface area contributed by atoms with Crippen molar-refractivity contribution >= 4 is 62.4 Å². The molecule has 4 nitrogen and oxygen atoms in total. The zero-order valence-corrected chi connectivity index (χ0v) is 33.2. The fraction of sp³-hybridized carbons (Fsp3) is 0.289. The number of aromatic amines is 2. The van der Waals surface area contributed by atoms with Crippen LogP contribution in [-0.2, 0) is 12.8 Å². The van der Waals surface area contributed by atoms with Crippen LogP contribution in [0.4, 0.5) is 0 Å². The number of benzene rings is 4. The van der Waals surface area contributed by atoms with Crippen molar-refractivity contribution in [2.75, 3.05) is 0 Å². The Bertz CT molecular complexity index is 2000. The fourth-order valence-electron chi connectivity index (χ4n) is 7.04. The first kappa shape index (κ1) is 38.1. The molecule has 0 spiro atoms. The summed E-state index contributed by atoms with van der Waals surface area (Å²) in [7, 11) is 5.87. The number of H-pyrrole nitrogens is 2. The molecule has 0 bridgehead atoms. The summed E-state index contributed by atoms with van der Waals surface area (Å²) in [4.78, 5) is 6.24. The molecule has 8 aromatic rings. The third-order valence-electron chi connectivity index (χ3n) is 9.36. The lowest BCUT2D eigenvalue weighted by Gasteiger charge is -2.29. The number of hydrogen-bond donors (Lipinski definition) is 2. The second-order valence-corrected chi connectivity index (χ2v) is 14.8. The Balaban J connectivity index is 0.000000170. The predicted molar refractivity (Wildman–Crippen MR) is 231 cm³/mol. The number of aromatic nitrogens is 4. The Hall–Kier alpha value is -4.10. The van der Waals surface area contributed by atoms with Crippen molar-refractivity contribution in [3.05, 3.63) is 145 Å². The number of rotatable bonds is 4. The van der Waals surface area contributed by atoms with Crippen LogP contribution in [0.3, 0.4) is 0 Å². The van der Waals surface area contributed by atoms with E-state index in [1.54, 1.807) is 0 Å². The first-order valence-electron chi connectivity index (χ1n) is 18.6. The van der Waals surface area contributed by atoms with Gasteiger partial charge in [-0.05, 0) is 109 Å². The normalized spacial score (nSPS) is 13.1. The van der Waals surface area contributed by atoms with Crippen LogP contribution in [0.2, 0.25) is 0 Å². The van der Waals surface area contributed by atoms with Crippen LogP contribution in [0.5, 0.6) is 0 Å². The molecule has 2 N–H and O–H groups in total. The van der Waals surface area contributed by atoms with Crippen molar-refractivity contribution in [1.29, 1.82) is 0 Å². The fourth-order valence-corrected chi connectivity index (χ4v) is 7.84. The SMILES string of the molecule is CCC.CCC.Pn1c(CC2(Cc3cc4ccccc4n3P)CCCC2)cc2ccccc21.c1ccc2[nH]ccc2c1.c1ccc2[nH]ccc2c1. The first-order chi connectivity index (χ1) is 24.9. The average molecular weight is 715 g/mol. The Morgan fingerprint density at radius 3 is 1.24 bits per heavy atom. The van der Waals surface area contributed by atoms with Crippen LogP contribution in [0.25, 0.3) is 43.6 Å². The highest BCUT2D eigenvalue weighted by atomic mass is 31.0. The molecule has 0 aliphatic heterocycles. The minimum Gasteiger partial charge on any atom is -0.361 e. The zero-order valence-electron chi connectivity index (χ0n) is 30.9. The molecule has 0 radical (unpaired) electrons. The molecule has 266 valence electrons. The van der Waals surface area contributed by atoms with Crippen LogP contribution in [0.15, 0.2) is 134 Å². The van der Waals surface area contributed by atoms with Gasteiger partial charge in [-0.15, -0.1) is 0 Å². The van der Waals surface area contributed by atoms with E-state index in [0.717, 1.165) is 12.8 Å². The van der Waals surface area contributed by atoms with E-state index in [1.807, 2.05) is 36.7 Å². The van der Waals surface area contributed by atoms with E-state index >= 15 is 0 Å². The lowest BCUT2D eigenvalue weighted by molar-refractivity contribution is 0.286. The van der Waals surface area contributed by atoms with Crippen molar-refractivity contribution in [3.63, 3.8) is 0 Å². The molecule has 2 atom stereocenters. The van der Waals surface area contributed by atoms with Gasteiger partial charge in [0.25, 0.3) is 0 Å². The Kier molecular flexibility index (Phi) is 14.2. The second-order valence-electron chi connectivity index (χ2n) is 13.7. The number of fused-ring (bicyclic) bond motifs is 4. The standard InChI is InChI=1S/C23H26N2P2.2C8H7N.2C3H8/c26-24-19(13-17-7-1-3-9-21(17)24)15-23(11-5-6-12-23)16-20-14-18-8-2-4-10-22(18)25(20)27;2*1-2-4-8-7(3-1)5-6-9-8;2*1-3-2/h1-4,7-10,13-14H,5-6,11-12,15-16,26-27H2;2*1-6,9H;2*3H2,1-2H3. The summed E-state index contributed by atoms with van der Waals surface area (Å²) in [5.41, 5.74) is 8.28. The second kappa shape index (κ2) is 18.9. The third kappa shape index (κ3) is 9.82. The minimum atomic E-state index is 0.366. The molecule has 0 amide bonds. The highest BCUT2D eigenvalue weighted by molar-refractivity contribution is 7.15. The predicted octanol–water partition coefficient (Wildman–Crippen LogP) is 13.4. The number of hydrogen-bond acceptors (Lipinski definition) is 0. The summed E-state index contributed by atoms with van der Waals surface area (Å²) in [5, 5.41) is 5.24. The summed E-state index contributed by atoms with van der Waals surface area (Å²) in [5.74, 6) is 0. The van der Waals surface area contributed by atoms with E-state index < -0.39 is 0 Å². The van der Waals surface area contributed by atoms with E-state index in [0.29, 0.717) is 5.41 Å². The molecule has 1 fully saturated rings. The Morgan fingerprint density at radius 1 is 0.510 bits per heavy atom. The smallest absolute Gasteiger partial charge is 0.0511 e. The summed E-state index contributed by atoms with van der Waals surface area (Å²) in [6.07, 6.45) is 14.1. The Labute approximate surface area is 309 Å². The maximum Gasteiger partial charge on any atom is 0.0511 e. The summed E-state index contributed by atoms with van der Waals surface area (Å²) in [6, 6.07) is 42.7. The third-order valence-corrected chi connectivity index (χ3v) is 10.6. The molecule has 1 saturated carbocycles. The molecule has 2 unspecified atom stereocenters. The summed E-state index contributed by atoms with van der Waals surface area (Å²) < 4.78 is 4.65. The van der Waals surface area contributed by atoms with Crippen molar-refractivity contribution in [2.45, 2.75) is 79.1 Å². The maximum atomic E-state index is 3.12. The summed E-state index contributed by atoms with van der Waals surface area (Å²) in [6.45, 7) is 8.50. The van der Waals surface area contributed by atoms with Crippen LogP contribution in [0, 0.1) is 5.41 Å². The monoisotopic (exact) mass is 714 g/mol. The molecule has 6 heteroatoms. The van der Waals surface area contributed by atoms with Crippen molar-refractivity contribution in [1.82, 2.24) is 18.6 Å². The lowest BCUT2D eigenvalue weighted by atomic mass is 9.77. The molecule has 4 aromatic heterocycles. The van der Waals surface area contributed by atoms with Gasteiger partial charge in [-0.3, -0.25) is 0 Å². The minimum absolute atomic E-state index is 0.366. The van der Waals surface area contributed by atoms with E-state index in [2.05, 4.69) is 162 Å². The van der Waals surface area contributed by atoms with Crippen molar-refractivity contribution < 1.29 is 0 Å². The molecule has 4 aromatic carbocycles. The highest BCUT2D eigenvalue weighted by Gasteiger charge is 2.36. The molecule has 1 aliphatic rings. The first-order valence-corrected chi connectivity index (χ1v) is 19.7. The van der Waals surface area contributed by atoms with Crippen LogP contribution < -0.4 is 0 Å². The van der Waals surface area contributed by atoms with Gasteiger partial charge in [-0.25, -0.2) is 0 Å². The van der Waals surface area contributed by atoms with Gasteiger partial charge in [0.1, 0.15) is 0 Å². The zero-order chi connectivity index (χ0) is 36.1. The topological polar surface area (TPSA) is 41.4 Å². The van der Waals surface area contributed by atoms with Gasteiger partial charge in [-0.1, -0.05) is 126 Å². The molecular weight excluding hydrogens is 658 g/mol. The summed E-state index contributed by atoms with van der Waals surface area (Å²) >= 11 is 0. The quantitative estimate of drug-likeness (QED) is 0.170. The number of nitrogens with zero attached hydrogens (tertiary/aromatic N) is 2. The average Bonchev–Trinajstić information content (AvgIpc) is 4.00. The van der Waals surface area contributed by atoms with Crippen molar-refractivity contribution in [2.24, 2.45) is 5.41 Å². The highest BCUT2D eigenvalue weighted by Crippen LogP contribution is 2.45. The van der Waals surface area contributed by atoms with Gasteiger partial charge >= 0.3 is 0 Å². The van der Waals surface area contributed by atoms with Gasteiger partial charge in [-0.2, -0.15) is 0 Å². The number of para-hydroxylation sites is 4. The molecular formula is C45H56N4P2. The molecule has 1 aliphatic carbocycles. The Morgan fingerprint density at radius 2 is 0.863 bits per heavy atom. The van der Waals surface area contributed by atoms with E-state index in [4.69, 9.17) is 0 Å². The van der Waals surface area contributed by atoms with E-state index in [9.17, 15) is 0 Å². The van der Waals surface area contributed by atoms with E-state index in [1.165, 1.54) is 93.5 Å². The number of nitrogens with one attached hydrogen (secondary N) is 2. The van der Waals surface area contributed by atoms with Crippen molar-refractivity contribution in [3.8, 4) is 0 Å². The molecule has 51 heavy (non-hydrogen) atoms. The van der Waals surface area contributed by atoms with Gasteiger partial charge in [0.05, 0.1) is 11.0 Å². The van der Waals surface area contributed by atoms with Gasteiger partial charge in [0.15, 0.2) is 0 Å². The van der Waals surface area contributed by atoms with Gasteiger partial charge < -0.3 is 18.6 Å². The molecule has 9 rings (SSSR count). The molecule has 0 saturated heterocycles. The van der Waals surface area contributed by atoms with Crippen LogP contribution in [0.1, 0.15) is 77.6 Å². The maximum absolute atomic E-state index is 3.12. The molecule has 4 heterocycles. The van der Waals surface area contributed by atoms with Gasteiger partial charge in [0.2, 0.25) is 0 Å².